The van der Waals surface area contributed by atoms with Crippen LogP contribution in [-0.2, 0) is 30.4 Å². The number of nitrogens with one attached hydrogen (secondary N) is 1. The maximum Gasteiger partial charge on any atom is 0.350 e. The van der Waals surface area contributed by atoms with Crippen molar-refractivity contribution in [3.05, 3.63) is 58.2 Å². The van der Waals surface area contributed by atoms with Gasteiger partial charge >= 0.3 is 5.97 Å². The number of aromatic nitrogens is 1. The van der Waals surface area contributed by atoms with Crippen molar-refractivity contribution in [2.24, 2.45) is 5.16 Å². The van der Waals surface area contributed by atoms with Crippen molar-refractivity contribution < 1.29 is 56.5 Å². The molecule has 4 rings (SSSR count). The quantitative estimate of drug-likeness (QED) is 0.151. The molecule has 2 aromatic rings. The molecule has 2 aliphatic rings. The molecule has 0 unspecified atom stereocenters. The van der Waals surface area contributed by atoms with Crippen LogP contribution in [0.3, 0.4) is 0 Å². The fraction of sp³-hybridized carbons (Fsp3) is 0.333. The maximum absolute atomic E-state index is 13.2. The zero-order chi connectivity index (χ0) is 26.9. The van der Waals surface area contributed by atoms with Crippen LogP contribution in [-0.4, -0.2) is 94.4 Å². The van der Waals surface area contributed by atoms with Crippen LogP contribution < -0.4 is 11.1 Å². The Kier molecular flexibility index (Phi) is 15.2. The lowest BCUT2D eigenvalue weighted by molar-refractivity contribution is -0.161. The monoisotopic (exact) mass is 633 g/mol. The zero-order valence-corrected chi connectivity index (χ0v) is 24.4. The summed E-state index contributed by atoms with van der Waals surface area (Å²) < 4.78 is 0. The molecule has 2 atom stereocenters. The lowest BCUT2D eigenvalue weighted by Gasteiger charge is -2.50. The number of oxime groups is 1. The fourth-order valence-electron chi connectivity index (χ4n) is 3.83. The van der Waals surface area contributed by atoms with Crippen molar-refractivity contribution in [2.75, 3.05) is 11.5 Å². The molecule has 1 aromatic carbocycles. The van der Waals surface area contributed by atoms with Crippen molar-refractivity contribution in [3.8, 4) is 0 Å². The van der Waals surface area contributed by atoms with E-state index in [9.17, 15) is 24.3 Å². The van der Waals surface area contributed by atoms with E-state index in [0.29, 0.717) is 17.9 Å². The number of benzene rings is 1. The van der Waals surface area contributed by atoms with E-state index >= 15 is 0 Å². The van der Waals surface area contributed by atoms with E-state index in [1.165, 1.54) is 42.8 Å². The second kappa shape index (κ2) is 15.9. The number of aliphatic carboxylic acids is 1. The van der Waals surface area contributed by atoms with Gasteiger partial charge in [0, 0.05) is 18.1 Å². The van der Waals surface area contributed by atoms with E-state index in [0.717, 1.165) is 22.5 Å². The van der Waals surface area contributed by atoms with Crippen LogP contribution in [0.15, 0.2) is 52.1 Å². The van der Waals surface area contributed by atoms with Gasteiger partial charge in [0.05, 0.1) is 5.70 Å². The van der Waals surface area contributed by atoms with Gasteiger partial charge in [-0.3, -0.25) is 19.3 Å². The van der Waals surface area contributed by atoms with E-state index in [2.05, 4.69) is 15.5 Å². The van der Waals surface area contributed by atoms with Gasteiger partial charge in [-0.05, 0) is 31.4 Å². The number of nitrogen functional groups attached to an aromatic ring is 1. The van der Waals surface area contributed by atoms with E-state index in [1.807, 2.05) is 30.3 Å². The number of amides is 2. The van der Waals surface area contributed by atoms with Crippen LogP contribution in [0.4, 0.5) is 5.13 Å². The number of carboxylic acid groups (broad SMARTS) is 1. The first-order chi connectivity index (χ1) is 17.5. The van der Waals surface area contributed by atoms with Crippen molar-refractivity contribution in [1.82, 2.24) is 15.2 Å². The van der Waals surface area contributed by atoms with E-state index in [1.54, 1.807) is 0 Å². The molecule has 1 aromatic heterocycles. The highest BCUT2D eigenvalue weighted by Gasteiger charge is 2.53. The molecule has 1 fully saturated rings. The Morgan fingerprint density at radius 2 is 1.79 bits per heavy atom. The number of allylic oxidation sites excluding steroid dienone is 1. The lowest BCUT2D eigenvalue weighted by atomic mass is 9.97. The number of rotatable bonds is 9. The van der Waals surface area contributed by atoms with Gasteiger partial charge in [-0.15, -0.1) is 23.1 Å². The largest absolute Gasteiger partial charge is 0.478 e. The summed E-state index contributed by atoms with van der Waals surface area (Å²) in [7, 11) is 0. The second-order valence-electron chi connectivity index (χ2n) is 8.95. The molecule has 234 valence electrons. The van der Waals surface area contributed by atoms with Crippen molar-refractivity contribution in [1.29, 1.82) is 0 Å². The van der Waals surface area contributed by atoms with Crippen LogP contribution in [0.1, 0.15) is 32.0 Å². The smallest absolute Gasteiger partial charge is 0.350 e. The lowest BCUT2D eigenvalue weighted by Crippen LogP contribution is -2.71. The standard InChI is InChI=1S/C24H25N5O6S2.5H2O/c1-12(30)18-14(9-13-7-5-4-6-8-13)10-36-21-17(20(32)29(18)21)27-19(31)16(15-11-37-23(25)26-15)28-35-24(2,3)22(33)34;;;;;/h4-8,11,17,21H,9-10H2,1-3H3,(H2,25,26)(H,27,31)(H,33,34);5*1H2/b28-16-;;;;;/t17-,21-;;;;;/m1...../s1. The van der Waals surface area contributed by atoms with Gasteiger partial charge in [0.15, 0.2) is 16.6 Å². The van der Waals surface area contributed by atoms with Crippen LogP contribution in [0.5, 0.6) is 0 Å². The highest BCUT2D eigenvalue weighted by atomic mass is 32.2. The maximum atomic E-state index is 13.2. The minimum atomic E-state index is -1.72. The Bertz CT molecular complexity index is 1330. The molecule has 3 heterocycles. The number of nitrogens with zero attached hydrogens (tertiary/aromatic N) is 3. The number of carbonyl (C=O) groups is 4. The molecule has 42 heavy (non-hydrogen) atoms. The Balaban J connectivity index is 0. The molecule has 0 spiro atoms. The molecule has 2 aliphatic heterocycles. The molecule has 0 saturated carbocycles. The van der Waals surface area contributed by atoms with Gasteiger partial charge in [0.25, 0.3) is 11.8 Å². The Labute approximate surface area is 248 Å². The minimum Gasteiger partial charge on any atom is -0.478 e. The second-order valence-corrected chi connectivity index (χ2v) is 10.9. The molecule has 16 nitrogen and oxygen atoms in total. The van der Waals surface area contributed by atoms with Crippen LogP contribution in [0.25, 0.3) is 0 Å². The first-order valence-electron chi connectivity index (χ1n) is 11.2. The highest BCUT2D eigenvalue weighted by molar-refractivity contribution is 8.00. The average Bonchev–Trinajstić information content (AvgIpc) is 3.28. The van der Waals surface area contributed by atoms with E-state index < -0.39 is 34.8 Å². The molecule has 0 aliphatic carbocycles. The van der Waals surface area contributed by atoms with Gasteiger partial charge in [0.2, 0.25) is 5.60 Å². The molecule has 14 N–H and O–H groups in total. The number of nitrogens with two attached hydrogens (primary N) is 1. The zero-order valence-electron chi connectivity index (χ0n) is 22.8. The van der Waals surface area contributed by atoms with E-state index in [-0.39, 0.29) is 49.7 Å². The summed E-state index contributed by atoms with van der Waals surface area (Å²) in [6, 6.07) is 8.74. The summed E-state index contributed by atoms with van der Waals surface area (Å²) >= 11 is 2.51. The number of β-lactam (4-membered cyclic amide) rings is 1. The van der Waals surface area contributed by atoms with Gasteiger partial charge in [-0.25, -0.2) is 9.78 Å². The van der Waals surface area contributed by atoms with Crippen molar-refractivity contribution in [3.63, 3.8) is 0 Å². The van der Waals surface area contributed by atoms with Crippen LogP contribution in [0, 0.1) is 0 Å². The molecule has 1 saturated heterocycles. The summed E-state index contributed by atoms with van der Waals surface area (Å²) in [5, 5.41) is 16.9. The summed E-state index contributed by atoms with van der Waals surface area (Å²) in [5.41, 5.74) is 5.97. The molecule has 18 heteroatoms. The fourth-order valence-corrected chi connectivity index (χ4v) is 5.73. The Hall–Kier alpha value is -3.91. The number of ketones is 1. The number of hydrogen-bond donors (Lipinski definition) is 3. The first-order valence-corrected chi connectivity index (χ1v) is 13.2. The van der Waals surface area contributed by atoms with Gasteiger partial charge in [0.1, 0.15) is 17.1 Å². The third kappa shape index (κ3) is 8.10. The van der Waals surface area contributed by atoms with Gasteiger partial charge in [-0.1, -0.05) is 35.5 Å². The van der Waals surface area contributed by atoms with Crippen molar-refractivity contribution >= 4 is 57.5 Å². The Morgan fingerprint density at radius 1 is 1.17 bits per heavy atom. The third-order valence-electron chi connectivity index (χ3n) is 5.79. The summed E-state index contributed by atoms with van der Waals surface area (Å²) in [5.74, 6) is -2.20. The molecule has 2 amide bonds. The SMILES string of the molecule is CC(=O)C1=C(Cc2ccccc2)CS[C@@H]2[C@H](NC(=O)/C(=N\OC(C)(C)C(=O)O)c3csc(N)n3)C(=O)N12.O.O.O.O.O. The topological polar surface area (TPSA) is 322 Å². The molecular formula is C24H35N5O11S2. The summed E-state index contributed by atoms with van der Waals surface area (Å²) in [6.07, 6.45) is 0.537. The summed E-state index contributed by atoms with van der Waals surface area (Å²) in [4.78, 5) is 60.9. The van der Waals surface area contributed by atoms with Gasteiger partial charge in [-0.2, -0.15) is 0 Å². The third-order valence-corrected chi connectivity index (χ3v) is 7.80. The number of thioether (sulfide) groups is 1. The highest BCUT2D eigenvalue weighted by Crippen LogP contribution is 2.41. The average molecular weight is 634 g/mol. The number of Topliss-reactive ketones (excluding diaryl/α,β-unsaturated/α-hetero) is 1. The van der Waals surface area contributed by atoms with Gasteiger partial charge < -0.3 is 48.4 Å². The van der Waals surface area contributed by atoms with Crippen molar-refractivity contribution in [2.45, 2.75) is 44.2 Å². The summed E-state index contributed by atoms with van der Waals surface area (Å²) in [6.45, 7) is 3.97. The number of fused-ring (bicyclic) bond motifs is 1. The molecule has 0 radical (unpaired) electrons. The first kappa shape index (κ1) is 40.2. The number of hydrogen-bond acceptors (Lipinski definition) is 10. The number of carboxylic acids is 1. The normalized spacial score (nSPS) is 17.4. The number of carbonyl (C=O) groups excluding carboxylic acids is 3. The molecular weight excluding hydrogens is 598 g/mol. The number of thiazole rings is 1. The molecule has 0 bridgehead atoms. The van der Waals surface area contributed by atoms with Crippen LogP contribution in [0.2, 0.25) is 0 Å². The minimum absolute atomic E-state index is 0. The van der Waals surface area contributed by atoms with Crippen LogP contribution >= 0.6 is 23.1 Å². The predicted octanol–water partition coefficient (Wildman–Crippen LogP) is -2.33. The van der Waals surface area contributed by atoms with E-state index in [4.69, 9.17) is 10.6 Å². The Morgan fingerprint density at radius 3 is 2.31 bits per heavy atom. The predicted molar refractivity (Wildman–Crippen MR) is 157 cm³/mol. The number of anilines is 1.